The molecule has 0 aliphatic rings. The van der Waals surface area contributed by atoms with Crippen molar-refractivity contribution < 1.29 is 34.1 Å². The zero-order valence-corrected chi connectivity index (χ0v) is 15.4. The van der Waals surface area contributed by atoms with Crippen LogP contribution < -0.4 is 15.1 Å². The highest BCUT2D eigenvalue weighted by molar-refractivity contribution is 7.99. The smallest absolute Gasteiger partial charge is 0.339 e. The number of nitrogens with one attached hydrogen (secondary N) is 1. The van der Waals surface area contributed by atoms with Crippen molar-refractivity contribution >= 4 is 29.3 Å². The van der Waals surface area contributed by atoms with Gasteiger partial charge in [-0.3, -0.25) is 4.79 Å². The molecule has 0 saturated heterocycles. The number of nitrogens with zero attached hydrogens (tertiary/aromatic N) is 2. The number of phenols is 1. The molecule has 0 saturated carbocycles. The average Bonchev–Trinajstić information content (AvgIpc) is 3.02. The molecular formula is C18H15N3O6S. The highest BCUT2D eigenvalue weighted by Crippen LogP contribution is 2.25. The molecule has 0 aliphatic carbocycles. The Labute approximate surface area is 163 Å². The molecule has 3 rings (SSSR count). The van der Waals surface area contributed by atoms with Crippen molar-refractivity contribution in [3.63, 3.8) is 0 Å². The number of hydrogen-bond donors (Lipinski definition) is 3. The van der Waals surface area contributed by atoms with Gasteiger partial charge in [0.05, 0.1) is 11.0 Å². The van der Waals surface area contributed by atoms with Crippen LogP contribution >= 0.6 is 11.8 Å². The molecule has 0 fully saturated rings. The molecule has 0 radical (unpaired) electrons. The van der Waals surface area contributed by atoms with Crippen LogP contribution in [0.15, 0.2) is 52.0 Å². The lowest BCUT2D eigenvalue weighted by Gasteiger charge is -2.06. The van der Waals surface area contributed by atoms with Crippen LogP contribution in [0.1, 0.15) is 15.9 Å². The second kappa shape index (κ2) is 8.01. The van der Waals surface area contributed by atoms with Crippen LogP contribution in [0, 0.1) is 6.92 Å². The van der Waals surface area contributed by atoms with E-state index in [0.29, 0.717) is 5.69 Å². The van der Waals surface area contributed by atoms with E-state index in [1.54, 1.807) is 12.1 Å². The van der Waals surface area contributed by atoms with Crippen LogP contribution in [-0.4, -0.2) is 33.1 Å². The minimum atomic E-state index is -1.32. The standard InChI is InChI=1S/C18H15N3O6S/c1-10-2-5-12(6-3-10)21-16(18(26)27-20-21)28-9-15(23)19-11-4-7-14(22)13(8-11)17(24)25/h2-8,20H,9H2,1H3,(H2,24,25,26). The zero-order valence-electron chi connectivity index (χ0n) is 14.6. The van der Waals surface area contributed by atoms with Gasteiger partial charge in [-0.15, -0.1) is 0 Å². The minimum absolute atomic E-state index is 0.133. The van der Waals surface area contributed by atoms with Crippen LogP contribution in [0.2, 0.25) is 0 Å². The summed E-state index contributed by atoms with van der Waals surface area (Å²) in [6, 6.07) is 10.9. The lowest BCUT2D eigenvalue weighted by molar-refractivity contribution is -0.705. The molecule has 0 bridgehead atoms. The number of carboxylic acids is 1. The highest BCUT2D eigenvalue weighted by Gasteiger charge is 2.22. The van der Waals surface area contributed by atoms with E-state index in [-0.39, 0.29) is 22.0 Å². The molecule has 1 heterocycles. The number of amides is 1. The fourth-order valence-electron chi connectivity index (χ4n) is 2.33. The third-order valence-electron chi connectivity index (χ3n) is 3.70. The van der Waals surface area contributed by atoms with Gasteiger partial charge < -0.3 is 25.2 Å². The number of rotatable bonds is 6. The maximum Gasteiger partial charge on any atom is 0.339 e. The van der Waals surface area contributed by atoms with E-state index in [2.05, 4.69) is 10.6 Å². The Morgan fingerprint density at radius 2 is 1.96 bits per heavy atom. The number of carboxylic acid groups (broad SMARTS) is 1. The summed E-state index contributed by atoms with van der Waals surface area (Å²) < 4.78 is 6.01. The number of anilines is 1. The van der Waals surface area contributed by atoms with Gasteiger partial charge in [-0.25, -0.2) is 4.79 Å². The second-order valence-electron chi connectivity index (χ2n) is 5.79. The Hall–Kier alpha value is -3.53. The Balaban J connectivity index is 1.70. The lowest BCUT2D eigenvalue weighted by atomic mass is 10.2. The molecule has 144 valence electrons. The van der Waals surface area contributed by atoms with E-state index >= 15 is 0 Å². The van der Waals surface area contributed by atoms with Crippen LogP contribution in [-0.2, 0) is 4.79 Å². The fourth-order valence-corrected chi connectivity index (χ4v) is 3.08. The number of aromatic hydroxyl groups is 1. The SMILES string of the molecule is Cc1ccc(-[n+]2noc([O-])c2SCC(=O)Nc2ccc(O)c(C(=O)O)c2)cc1. The van der Waals surface area contributed by atoms with Crippen molar-refractivity contribution in [1.82, 2.24) is 5.27 Å². The van der Waals surface area contributed by atoms with Gasteiger partial charge in [0.2, 0.25) is 11.6 Å². The molecule has 3 N–H and O–H groups in total. The van der Waals surface area contributed by atoms with Gasteiger partial charge in [0.15, 0.2) is 5.95 Å². The molecule has 1 amide bonds. The van der Waals surface area contributed by atoms with Gasteiger partial charge in [-0.05, 0) is 41.6 Å². The maximum absolute atomic E-state index is 12.2. The highest BCUT2D eigenvalue weighted by atomic mass is 32.2. The molecule has 28 heavy (non-hydrogen) atoms. The number of carbonyl (C=O) groups is 2. The van der Waals surface area contributed by atoms with E-state index in [4.69, 9.17) is 9.63 Å². The molecule has 10 heteroatoms. The lowest BCUT2D eigenvalue weighted by Crippen LogP contribution is -2.35. The second-order valence-corrected chi connectivity index (χ2v) is 6.75. The molecular weight excluding hydrogens is 386 g/mol. The average molecular weight is 401 g/mol. The Bertz CT molecular complexity index is 1030. The van der Waals surface area contributed by atoms with E-state index in [0.717, 1.165) is 23.4 Å². The van der Waals surface area contributed by atoms with Crippen LogP contribution in [0.25, 0.3) is 5.69 Å². The minimum Gasteiger partial charge on any atom is -0.538 e. The summed E-state index contributed by atoms with van der Waals surface area (Å²) in [5, 5.41) is 36.8. The molecule has 1 aromatic heterocycles. The number of aromatic carboxylic acids is 1. The van der Waals surface area contributed by atoms with Crippen molar-refractivity contribution in [2.75, 3.05) is 11.1 Å². The number of carbonyl (C=O) groups excluding carboxylic acids is 1. The predicted molar refractivity (Wildman–Crippen MR) is 96.6 cm³/mol. The number of aryl methyl sites for hydroxylation is 1. The first-order chi connectivity index (χ1) is 13.3. The molecule has 0 unspecified atom stereocenters. The van der Waals surface area contributed by atoms with Gasteiger partial charge >= 0.3 is 5.97 Å². The van der Waals surface area contributed by atoms with Crippen molar-refractivity contribution in [3.8, 4) is 17.4 Å². The Kier molecular flexibility index (Phi) is 5.50. The summed E-state index contributed by atoms with van der Waals surface area (Å²) in [7, 11) is 0. The summed E-state index contributed by atoms with van der Waals surface area (Å²) >= 11 is 0.937. The summed E-state index contributed by atoms with van der Waals surface area (Å²) in [6.07, 6.45) is 0. The summed E-state index contributed by atoms with van der Waals surface area (Å²) in [4.78, 5) is 23.2. The topological polar surface area (TPSA) is 140 Å². The van der Waals surface area contributed by atoms with E-state index in [1.807, 2.05) is 19.1 Å². The van der Waals surface area contributed by atoms with Crippen LogP contribution in [0.4, 0.5) is 5.69 Å². The van der Waals surface area contributed by atoms with Crippen LogP contribution in [0.3, 0.4) is 0 Å². The van der Waals surface area contributed by atoms with Gasteiger partial charge in [0.1, 0.15) is 11.3 Å². The number of benzene rings is 2. The van der Waals surface area contributed by atoms with E-state index < -0.39 is 23.6 Å². The zero-order chi connectivity index (χ0) is 20.3. The number of thioether (sulfide) groups is 1. The number of hydrogen-bond acceptors (Lipinski definition) is 7. The summed E-state index contributed by atoms with van der Waals surface area (Å²) in [5.74, 6) is -2.99. The molecule has 0 aliphatic heterocycles. The van der Waals surface area contributed by atoms with Crippen LogP contribution in [0.5, 0.6) is 11.7 Å². The third-order valence-corrected chi connectivity index (χ3v) is 4.72. The van der Waals surface area contributed by atoms with Gasteiger partial charge in [-0.2, -0.15) is 0 Å². The fraction of sp³-hybridized carbons (Fsp3) is 0.111. The third kappa shape index (κ3) is 4.23. The van der Waals surface area contributed by atoms with Gasteiger partial charge in [0.25, 0.3) is 5.03 Å². The molecule has 0 atom stereocenters. The molecule has 2 aromatic carbocycles. The molecule has 0 spiro atoms. The predicted octanol–water partition coefficient (Wildman–Crippen LogP) is 1.47. The molecule has 3 aromatic rings. The quantitative estimate of drug-likeness (QED) is 0.320. The van der Waals surface area contributed by atoms with Crippen molar-refractivity contribution in [2.45, 2.75) is 11.9 Å². The van der Waals surface area contributed by atoms with Crippen molar-refractivity contribution in [1.29, 1.82) is 0 Å². The Morgan fingerprint density at radius 3 is 2.64 bits per heavy atom. The largest absolute Gasteiger partial charge is 0.538 e. The van der Waals surface area contributed by atoms with E-state index in [9.17, 15) is 19.8 Å². The van der Waals surface area contributed by atoms with E-state index in [1.165, 1.54) is 16.8 Å². The normalized spacial score (nSPS) is 10.6. The van der Waals surface area contributed by atoms with Crippen molar-refractivity contribution in [2.24, 2.45) is 0 Å². The molecule has 9 nitrogen and oxygen atoms in total. The Morgan fingerprint density at radius 1 is 1.25 bits per heavy atom. The first kappa shape index (κ1) is 19.2. The van der Waals surface area contributed by atoms with Gasteiger partial charge in [0, 0.05) is 17.8 Å². The monoisotopic (exact) mass is 401 g/mol. The first-order valence-electron chi connectivity index (χ1n) is 8.00. The van der Waals surface area contributed by atoms with Crippen molar-refractivity contribution in [3.05, 3.63) is 53.6 Å². The van der Waals surface area contributed by atoms with Gasteiger partial charge in [-0.1, -0.05) is 17.7 Å². The summed E-state index contributed by atoms with van der Waals surface area (Å²) in [5.41, 5.74) is 1.53. The summed E-state index contributed by atoms with van der Waals surface area (Å²) in [6.45, 7) is 1.93. The first-order valence-corrected chi connectivity index (χ1v) is 8.98. The number of aromatic nitrogens is 2. The maximum atomic E-state index is 12.2.